The lowest BCUT2D eigenvalue weighted by Crippen LogP contribution is -2.41. The van der Waals surface area contributed by atoms with Gasteiger partial charge in [-0.1, -0.05) is 60.7 Å². The molecule has 1 aliphatic heterocycles. The summed E-state index contributed by atoms with van der Waals surface area (Å²) in [5.74, 6) is 0.446. The van der Waals surface area contributed by atoms with Gasteiger partial charge in [-0.2, -0.15) is 0 Å². The molecule has 0 aromatic heterocycles. The molecule has 1 aliphatic rings. The van der Waals surface area contributed by atoms with Crippen molar-refractivity contribution in [3.8, 4) is 0 Å². The minimum absolute atomic E-state index is 0.396. The fourth-order valence-corrected chi connectivity index (χ4v) is 3.17. The van der Waals surface area contributed by atoms with Crippen molar-refractivity contribution in [3.05, 3.63) is 71.8 Å². The van der Waals surface area contributed by atoms with E-state index in [1.807, 2.05) is 0 Å². The van der Waals surface area contributed by atoms with Crippen molar-refractivity contribution in [2.24, 2.45) is 5.73 Å². The average Bonchev–Trinajstić information content (AvgIpc) is 2.56. The molecule has 0 spiro atoms. The maximum Gasteiger partial charge on any atom is 0.0217 e. The van der Waals surface area contributed by atoms with Crippen molar-refractivity contribution in [1.82, 2.24) is 4.90 Å². The van der Waals surface area contributed by atoms with E-state index in [0.29, 0.717) is 12.0 Å². The van der Waals surface area contributed by atoms with Gasteiger partial charge in [-0.15, -0.1) is 0 Å². The third-order valence-corrected chi connectivity index (χ3v) is 4.48. The van der Waals surface area contributed by atoms with E-state index in [1.54, 1.807) is 0 Å². The van der Waals surface area contributed by atoms with Crippen LogP contribution in [-0.2, 0) is 0 Å². The van der Waals surface area contributed by atoms with Crippen LogP contribution in [0.2, 0.25) is 0 Å². The number of hydrogen-bond acceptors (Lipinski definition) is 2. The molecule has 1 heterocycles. The van der Waals surface area contributed by atoms with Crippen LogP contribution in [0.1, 0.15) is 29.9 Å². The maximum absolute atomic E-state index is 6.02. The molecule has 0 amide bonds. The van der Waals surface area contributed by atoms with E-state index >= 15 is 0 Å². The van der Waals surface area contributed by atoms with Crippen molar-refractivity contribution < 1.29 is 0 Å². The second kappa shape index (κ2) is 6.88. The Kier molecular flexibility index (Phi) is 4.69. The smallest absolute Gasteiger partial charge is 0.0217 e. The van der Waals surface area contributed by atoms with E-state index in [9.17, 15) is 0 Å². The Morgan fingerprint density at radius 3 is 1.81 bits per heavy atom. The average molecular weight is 280 g/mol. The SMILES string of the molecule is NC1CCN(CC(c2ccccc2)c2ccccc2)CC1. The van der Waals surface area contributed by atoms with Crippen LogP contribution in [0.15, 0.2) is 60.7 Å². The van der Waals surface area contributed by atoms with E-state index in [4.69, 9.17) is 5.73 Å². The Morgan fingerprint density at radius 2 is 1.33 bits per heavy atom. The lowest BCUT2D eigenvalue weighted by atomic mass is 9.90. The highest BCUT2D eigenvalue weighted by molar-refractivity contribution is 5.32. The van der Waals surface area contributed by atoms with Crippen LogP contribution in [0.25, 0.3) is 0 Å². The molecule has 0 saturated carbocycles. The number of rotatable bonds is 4. The highest BCUT2D eigenvalue weighted by atomic mass is 15.1. The second-order valence-corrected chi connectivity index (χ2v) is 6.01. The zero-order valence-electron chi connectivity index (χ0n) is 12.5. The normalized spacial score (nSPS) is 17.2. The predicted molar refractivity (Wildman–Crippen MR) is 88.4 cm³/mol. The summed E-state index contributed by atoms with van der Waals surface area (Å²) < 4.78 is 0. The molecule has 2 nitrogen and oxygen atoms in total. The van der Waals surface area contributed by atoms with Gasteiger partial charge in [0.1, 0.15) is 0 Å². The van der Waals surface area contributed by atoms with Crippen molar-refractivity contribution >= 4 is 0 Å². The van der Waals surface area contributed by atoms with E-state index in [2.05, 4.69) is 65.6 Å². The summed E-state index contributed by atoms with van der Waals surface area (Å²) in [6.07, 6.45) is 2.24. The highest BCUT2D eigenvalue weighted by Gasteiger charge is 2.21. The summed E-state index contributed by atoms with van der Waals surface area (Å²) in [6.45, 7) is 3.33. The van der Waals surface area contributed by atoms with Crippen molar-refractivity contribution in [1.29, 1.82) is 0 Å². The van der Waals surface area contributed by atoms with Crippen LogP contribution in [0.3, 0.4) is 0 Å². The molecule has 2 aromatic carbocycles. The third-order valence-electron chi connectivity index (χ3n) is 4.48. The highest BCUT2D eigenvalue weighted by Crippen LogP contribution is 2.26. The Hall–Kier alpha value is -1.64. The minimum Gasteiger partial charge on any atom is -0.328 e. The van der Waals surface area contributed by atoms with Crippen LogP contribution in [-0.4, -0.2) is 30.6 Å². The molecule has 110 valence electrons. The van der Waals surface area contributed by atoms with Gasteiger partial charge in [-0.05, 0) is 37.1 Å². The molecule has 0 unspecified atom stereocenters. The number of benzene rings is 2. The Balaban J connectivity index is 1.80. The molecule has 1 saturated heterocycles. The van der Waals surface area contributed by atoms with Crippen molar-refractivity contribution in [2.45, 2.75) is 24.8 Å². The molecule has 0 bridgehead atoms. The van der Waals surface area contributed by atoms with Gasteiger partial charge in [0.15, 0.2) is 0 Å². The molecular weight excluding hydrogens is 256 g/mol. The maximum atomic E-state index is 6.02. The zero-order chi connectivity index (χ0) is 14.5. The van der Waals surface area contributed by atoms with Crippen LogP contribution in [0.4, 0.5) is 0 Å². The first-order chi connectivity index (χ1) is 10.3. The zero-order valence-corrected chi connectivity index (χ0v) is 12.5. The molecule has 21 heavy (non-hydrogen) atoms. The van der Waals surface area contributed by atoms with E-state index in [0.717, 1.165) is 32.5 Å². The summed E-state index contributed by atoms with van der Waals surface area (Å²) in [4.78, 5) is 2.56. The molecule has 3 rings (SSSR count). The van der Waals surface area contributed by atoms with Gasteiger partial charge in [-0.3, -0.25) is 0 Å². The van der Waals surface area contributed by atoms with Crippen LogP contribution >= 0.6 is 0 Å². The Labute approximate surface area is 127 Å². The van der Waals surface area contributed by atoms with Gasteiger partial charge >= 0.3 is 0 Å². The molecular formula is C19H24N2. The van der Waals surface area contributed by atoms with Crippen LogP contribution in [0.5, 0.6) is 0 Å². The van der Waals surface area contributed by atoms with E-state index in [1.165, 1.54) is 11.1 Å². The number of nitrogens with two attached hydrogens (primary N) is 1. The largest absolute Gasteiger partial charge is 0.328 e. The Bertz CT molecular complexity index is 491. The number of nitrogens with zero attached hydrogens (tertiary/aromatic N) is 1. The summed E-state index contributed by atoms with van der Waals surface area (Å²) in [5.41, 5.74) is 8.83. The summed E-state index contributed by atoms with van der Waals surface area (Å²) in [5, 5.41) is 0. The molecule has 2 aromatic rings. The fourth-order valence-electron chi connectivity index (χ4n) is 3.17. The monoisotopic (exact) mass is 280 g/mol. The van der Waals surface area contributed by atoms with Crippen LogP contribution in [0, 0.1) is 0 Å². The van der Waals surface area contributed by atoms with Gasteiger partial charge in [-0.25, -0.2) is 0 Å². The topological polar surface area (TPSA) is 29.3 Å². The van der Waals surface area contributed by atoms with Gasteiger partial charge < -0.3 is 10.6 Å². The fraction of sp³-hybridized carbons (Fsp3) is 0.368. The molecule has 0 aliphatic carbocycles. The summed E-state index contributed by atoms with van der Waals surface area (Å²) in [7, 11) is 0. The van der Waals surface area contributed by atoms with Crippen molar-refractivity contribution in [2.75, 3.05) is 19.6 Å². The first kappa shape index (κ1) is 14.3. The lowest BCUT2D eigenvalue weighted by Gasteiger charge is -2.33. The molecule has 2 heteroatoms. The first-order valence-electron chi connectivity index (χ1n) is 7.91. The molecule has 2 N–H and O–H groups in total. The molecule has 1 fully saturated rings. The Morgan fingerprint density at radius 1 is 0.857 bits per heavy atom. The quantitative estimate of drug-likeness (QED) is 0.931. The molecule has 0 radical (unpaired) electrons. The van der Waals surface area contributed by atoms with Gasteiger partial charge in [0.2, 0.25) is 0 Å². The summed E-state index contributed by atoms with van der Waals surface area (Å²) >= 11 is 0. The number of hydrogen-bond donors (Lipinski definition) is 1. The number of piperidine rings is 1. The minimum atomic E-state index is 0.396. The first-order valence-corrected chi connectivity index (χ1v) is 7.91. The van der Waals surface area contributed by atoms with E-state index in [-0.39, 0.29) is 0 Å². The third kappa shape index (κ3) is 3.72. The van der Waals surface area contributed by atoms with E-state index < -0.39 is 0 Å². The van der Waals surface area contributed by atoms with Crippen molar-refractivity contribution in [3.63, 3.8) is 0 Å². The van der Waals surface area contributed by atoms with Gasteiger partial charge in [0, 0.05) is 18.5 Å². The lowest BCUT2D eigenvalue weighted by molar-refractivity contribution is 0.207. The second-order valence-electron chi connectivity index (χ2n) is 6.01. The number of likely N-dealkylation sites (tertiary alicyclic amines) is 1. The standard InChI is InChI=1S/C19H24N2/c20-18-11-13-21(14-12-18)15-19(16-7-3-1-4-8-16)17-9-5-2-6-10-17/h1-10,18-19H,11-15,20H2. The van der Waals surface area contributed by atoms with Crippen LogP contribution < -0.4 is 5.73 Å². The van der Waals surface area contributed by atoms with Gasteiger partial charge in [0.05, 0.1) is 0 Å². The molecule has 0 atom stereocenters. The predicted octanol–water partition coefficient (Wildman–Crippen LogP) is 3.24. The summed E-state index contributed by atoms with van der Waals surface area (Å²) in [6, 6.07) is 22.1. The van der Waals surface area contributed by atoms with Gasteiger partial charge in [0.25, 0.3) is 0 Å².